The van der Waals surface area contributed by atoms with E-state index in [0.717, 1.165) is 10.1 Å². The Balaban J connectivity index is 1.81. The fourth-order valence-electron chi connectivity index (χ4n) is 3.12. The molecule has 0 aliphatic heterocycles. The molecule has 2 aromatic heterocycles. The lowest BCUT2D eigenvalue weighted by atomic mass is 10.1. The van der Waals surface area contributed by atoms with Crippen LogP contribution >= 0.6 is 0 Å². The van der Waals surface area contributed by atoms with E-state index in [4.69, 9.17) is 0 Å². The van der Waals surface area contributed by atoms with Crippen molar-refractivity contribution in [2.45, 2.75) is 12.6 Å². The molecule has 2 atom stereocenters. The van der Waals surface area contributed by atoms with Gasteiger partial charge in [-0.1, -0.05) is 30.3 Å². The highest BCUT2D eigenvalue weighted by Crippen LogP contribution is 2.13. The normalized spacial score (nSPS) is 13.7. The average molecular weight is 389 g/mol. The van der Waals surface area contributed by atoms with Crippen molar-refractivity contribution in [3.63, 3.8) is 0 Å². The molecule has 8 nitrogen and oxygen atoms in total. The summed E-state index contributed by atoms with van der Waals surface area (Å²) in [5, 5.41) is 3.41. The van der Waals surface area contributed by atoms with E-state index >= 15 is 0 Å². The molecule has 9 heteroatoms. The van der Waals surface area contributed by atoms with Gasteiger partial charge in [0.25, 0.3) is 5.56 Å². The second-order valence-corrected chi connectivity index (χ2v) is 7.95. The van der Waals surface area contributed by atoms with Gasteiger partial charge in [-0.05, 0) is 5.56 Å². The first kappa shape index (κ1) is 19.2. The van der Waals surface area contributed by atoms with E-state index in [1.807, 2.05) is 30.3 Å². The summed E-state index contributed by atoms with van der Waals surface area (Å²) in [6, 6.07) is 9.82. The Labute approximate surface area is 158 Å². The number of hydrogen-bond acceptors (Lipinski definition) is 5. The molecule has 0 radical (unpaired) electrons. The third-order valence-electron chi connectivity index (χ3n) is 4.56. The Morgan fingerprint density at radius 1 is 1.15 bits per heavy atom. The molecule has 2 heterocycles. The summed E-state index contributed by atoms with van der Waals surface area (Å²) < 4.78 is 15.9. The fraction of sp³-hybridized carbons (Fsp3) is 0.389. The molecule has 3 rings (SSSR count). The van der Waals surface area contributed by atoms with Gasteiger partial charge in [0.1, 0.15) is 0 Å². The summed E-state index contributed by atoms with van der Waals surface area (Å²) >= 11 is 0. The van der Waals surface area contributed by atoms with Crippen molar-refractivity contribution in [3.8, 4) is 0 Å². The highest BCUT2D eigenvalue weighted by atomic mass is 32.2. The first-order valence-corrected chi connectivity index (χ1v) is 10.3. The van der Waals surface area contributed by atoms with Crippen molar-refractivity contribution in [2.24, 2.45) is 14.1 Å². The van der Waals surface area contributed by atoms with Crippen molar-refractivity contribution in [2.75, 3.05) is 18.6 Å². The van der Waals surface area contributed by atoms with Crippen LogP contribution in [-0.2, 0) is 31.4 Å². The highest BCUT2D eigenvalue weighted by Gasteiger charge is 2.15. The SMILES string of the molecule is Cn1c(=O)c2c(ncn2CCNC(CS(C)=O)c2ccccc2)n(C)c1=O. The van der Waals surface area contributed by atoms with Gasteiger partial charge in [0.2, 0.25) is 0 Å². The molecular formula is C18H23N5O3S. The number of fused-ring (bicyclic) bond motifs is 1. The molecule has 0 saturated heterocycles. The molecule has 1 N–H and O–H groups in total. The minimum Gasteiger partial charge on any atom is -0.323 e. The third-order valence-corrected chi connectivity index (χ3v) is 5.37. The zero-order valence-electron chi connectivity index (χ0n) is 15.6. The Hall–Kier alpha value is -2.52. The van der Waals surface area contributed by atoms with Gasteiger partial charge in [-0.3, -0.25) is 18.1 Å². The molecule has 0 fully saturated rings. The van der Waals surface area contributed by atoms with Crippen molar-refractivity contribution in [1.82, 2.24) is 24.0 Å². The summed E-state index contributed by atoms with van der Waals surface area (Å²) in [5.41, 5.74) is 1.08. The van der Waals surface area contributed by atoms with Crippen LogP contribution in [0.3, 0.4) is 0 Å². The van der Waals surface area contributed by atoms with Gasteiger partial charge in [-0.15, -0.1) is 0 Å². The zero-order valence-corrected chi connectivity index (χ0v) is 16.4. The van der Waals surface area contributed by atoms with Crippen LogP contribution in [0.2, 0.25) is 0 Å². The van der Waals surface area contributed by atoms with Crippen molar-refractivity contribution in [3.05, 3.63) is 63.1 Å². The Morgan fingerprint density at radius 2 is 1.85 bits per heavy atom. The van der Waals surface area contributed by atoms with Crippen LogP contribution in [0, 0.1) is 0 Å². The Bertz CT molecular complexity index is 1080. The number of imidazole rings is 1. The summed E-state index contributed by atoms with van der Waals surface area (Å²) in [4.78, 5) is 28.7. The lowest BCUT2D eigenvalue weighted by Gasteiger charge is -2.18. The van der Waals surface area contributed by atoms with Gasteiger partial charge in [0, 0.05) is 56.0 Å². The largest absolute Gasteiger partial charge is 0.332 e. The molecule has 0 amide bonds. The molecule has 1 aromatic carbocycles. The van der Waals surface area contributed by atoms with Gasteiger partial charge >= 0.3 is 5.69 Å². The highest BCUT2D eigenvalue weighted by molar-refractivity contribution is 7.84. The predicted molar refractivity (Wildman–Crippen MR) is 106 cm³/mol. The van der Waals surface area contributed by atoms with Gasteiger partial charge in [-0.2, -0.15) is 0 Å². The van der Waals surface area contributed by atoms with E-state index in [-0.39, 0.29) is 11.6 Å². The number of benzene rings is 1. The smallest absolute Gasteiger partial charge is 0.323 e. The maximum Gasteiger partial charge on any atom is 0.332 e. The zero-order chi connectivity index (χ0) is 19.6. The maximum atomic E-state index is 12.5. The van der Waals surface area contributed by atoms with E-state index in [1.54, 1.807) is 24.2 Å². The monoisotopic (exact) mass is 389 g/mol. The van der Waals surface area contributed by atoms with Gasteiger partial charge in [0.15, 0.2) is 11.2 Å². The van der Waals surface area contributed by atoms with Crippen LogP contribution in [-0.4, -0.2) is 41.4 Å². The van der Waals surface area contributed by atoms with Gasteiger partial charge in [0.05, 0.1) is 6.33 Å². The molecule has 0 saturated carbocycles. The first-order valence-electron chi connectivity index (χ1n) is 8.59. The Kier molecular flexibility index (Phi) is 5.71. The minimum absolute atomic E-state index is 0.0426. The molecule has 2 unspecified atom stereocenters. The van der Waals surface area contributed by atoms with Gasteiger partial charge in [-0.25, -0.2) is 9.78 Å². The lowest BCUT2D eigenvalue weighted by molar-refractivity contribution is 0.536. The number of nitrogens with one attached hydrogen (secondary N) is 1. The second kappa shape index (κ2) is 8.01. The molecule has 0 aliphatic rings. The standard InChI is InChI=1S/C18H23N5O3S/c1-21-16-15(17(24)22(2)18(21)25)23(12-20-16)10-9-19-14(11-27(3)26)13-7-5-4-6-8-13/h4-8,12,14,19H,9-11H2,1-3H3. The first-order chi connectivity index (χ1) is 12.9. The predicted octanol–water partition coefficient (Wildman–Crippen LogP) is 0.143. The van der Waals surface area contributed by atoms with Crippen molar-refractivity contribution >= 4 is 22.0 Å². The molecule has 0 aliphatic carbocycles. The lowest BCUT2D eigenvalue weighted by Crippen LogP contribution is -2.38. The summed E-state index contributed by atoms with van der Waals surface area (Å²) in [6.07, 6.45) is 3.26. The van der Waals surface area contributed by atoms with Crippen LogP contribution in [0.1, 0.15) is 11.6 Å². The molecule has 0 bridgehead atoms. The molecular weight excluding hydrogens is 366 g/mol. The van der Waals surface area contributed by atoms with E-state index in [9.17, 15) is 13.8 Å². The quantitative estimate of drug-likeness (QED) is 0.621. The number of aryl methyl sites for hydroxylation is 1. The molecule has 144 valence electrons. The van der Waals surface area contributed by atoms with Crippen LogP contribution in [0.15, 0.2) is 46.2 Å². The second-order valence-electron chi connectivity index (χ2n) is 6.47. The summed E-state index contributed by atoms with van der Waals surface area (Å²) in [7, 11) is 2.11. The van der Waals surface area contributed by atoms with Crippen LogP contribution in [0.4, 0.5) is 0 Å². The Morgan fingerprint density at radius 3 is 2.52 bits per heavy atom. The summed E-state index contributed by atoms with van der Waals surface area (Å²) in [6.45, 7) is 1.07. The molecule has 0 spiro atoms. The van der Waals surface area contributed by atoms with E-state index in [2.05, 4.69) is 10.3 Å². The summed E-state index contributed by atoms with van der Waals surface area (Å²) in [5.74, 6) is 0.505. The van der Waals surface area contributed by atoms with Crippen LogP contribution in [0.5, 0.6) is 0 Å². The number of aromatic nitrogens is 4. The minimum atomic E-state index is -0.944. The van der Waals surface area contributed by atoms with E-state index in [0.29, 0.717) is 30.0 Å². The number of rotatable bonds is 7. The maximum absolute atomic E-state index is 12.5. The van der Waals surface area contributed by atoms with E-state index < -0.39 is 16.5 Å². The van der Waals surface area contributed by atoms with Crippen LogP contribution < -0.4 is 16.6 Å². The molecule has 3 aromatic rings. The van der Waals surface area contributed by atoms with Crippen molar-refractivity contribution < 1.29 is 4.21 Å². The van der Waals surface area contributed by atoms with Crippen LogP contribution in [0.25, 0.3) is 11.2 Å². The topological polar surface area (TPSA) is 90.9 Å². The molecule has 27 heavy (non-hydrogen) atoms. The van der Waals surface area contributed by atoms with E-state index in [1.165, 1.54) is 11.6 Å². The van der Waals surface area contributed by atoms with Crippen molar-refractivity contribution in [1.29, 1.82) is 0 Å². The third kappa shape index (κ3) is 3.93. The average Bonchev–Trinajstić information content (AvgIpc) is 3.08. The number of hydrogen-bond donors (Lipinski definition) is 1. The van der Waals surface area contributed by atoms with Gasteiger partial charge < -0.3 is 9.88 Å². The fourth-order valence-corrected chi connectivity index (χ4v) is 3.90. The number of nitrogens with zero attached hydrogens (tertiary/aromatic N) is 4.